The number of aryl methyl sites for hydroxylation is 2. The first-order chi connectivity index (χ1) is 8.61. The fourth-order valence-corrected chi connectivity index (χ4v) is 2.12. The maximum atomic E-state index is 12.0. The van der Waals surface area contributed by atoms with Gasteiger partial charge in [-0.05, 0) is 32.3 Å². The SMILES string of the molecule is CCn1cc(C(C)NC(=O)c2snnc2C)cn1. The summed E-state index contributed by atoms with van der Waals surface area (Å²) in [5.41, 5.74) is 1.65. The summed E-state index contributed by atoms with van der Waals surface area (Å²) in [5.74, 6) is -0.140. The zero-order chi connectivity index (χ0) is 13.1. The highest BCUT2D eigenvalue weighted by Crippen LogP contribution is 2.14. The third-order valence-corrected chi connectivity index (χ3v) is 3.51. The van der Waals surface area contributed by atoms with Crippen LogP contribution in [0, 0.1) is 6.92 Å². The number of hydrogen-bond donors (Lipinski definition) is 1. The second-order valence-corrected chi connectivity index (χ2v) is 4.77. The third-order valence-electron chi connectivity index (χ3n) is 2.68. The Labute approximate surface area is 109 Å². The number of carbonyl (C=O) groups excluding carboxylic acids is 1. The van der Waals surface area contributed by atoms with E-state index in [-0.39, 0.29) is 11.9 Å². The third kappa shape index (κ3) is 2.56. The normalized spacial score (nSPS) is 12.4. The molecule has 0 spiro atoms. The molecule has 2 rings (SSSR count). The smallest absolute Gasteiger partial charge is 0.265 e. The fraction of sp³-hybridized carbons (Fsp3) is 0.455. The van der Waals surface area contributed by atoms with E-state index in [0.717, 1.165) is 23.6 Å². The van der Waals surface area contributed by atoms with Crippen molar-refractivity contribution in [2.45, 2.75) is 33.4 Å². The number of rotatable bonds is 4. The van der Waals surface area contributed by atoms with Gasteiger partial charge in [-0.25, -0.2) is 0 Å². The zero-order valence-electron chi connectivity index (χ0n) is 10.5. The summed E-state index contributed by atoms with van der Waals surface area (Å²) in [4.78, 5) is 12.5. The molecule has 1 unspecified atom stereocenters. The van der Waals surface area contributed by atoms with E-state index in [1.54, 1.807) is 13.1 Å². The van der Waals surface area contributed by atoms with Crippen LogP contribution in [0.3, 0.4) is 0 Å². The Hall–Kier alpha value is -1.76. The Morgan fingerprint density at radius 3 is 2.94 bits per heavy atom. The molecular weight excluding hydrogens is 250 g/mol. The summed E-state index contributed by atoms with van der Waals surface area (Å²) in [7, 11) is 0. The van der Waals surface area contributed by atoms with E-state index < -0.39 is 0 Å². The van der Waals surface area contributed by atoms with Gasteiger partial charge in [0.2, 0.25) is 0 Å². The van der Waals surface area contributed by atoms with Gasteiger partial charge in [0.05, 0.1) is 17.9 Å². The van der Waals surface area contributed by atoms with E-state index in [2.05, 4.69) is 20.0 Å². The molecular formula is C11H15N5OS. The van der Waals surface area contributed by atoms with Gasteiger partial charge in [0.1, 0.15) is 4.88 Å². The molecule has 0 aliphatic heterocycles. The molecule has 1 N–H and O–H groups in total. The summed E-state index contributed by atoms with van der Waals surface area (Å²) >= 11 is 1.11. The second kappa shape index (κ2) is 5.26. The lowest BCUT2D eigenvalue weighted by atomic mass is 10.2. The van der Waals surface area contributed by atoms with E-state index in [1.807, 2.05) is 24.7 Å². The van der Waals surface area contributed by atoms with Crippen molar-refractivity contribution in [1.82, 2.24) is 24.7 Å². The van der Waals surface area contributed by atoms with Gasteiger partial charge >= 0.3 is 0 Å². The van der Waals surface area contributed by atoms with Gasteiger partial charge in [0.25, 0.3) is 5.91 Å². The second-order valence-electron chi connectivity index (χ2n) is 4.01. The highest BCUT2D eigenvalue weighted by molar-refractivity contribution is 7.07. The van der Waals surface area contributed by atoms with Crippen molar-refractivity contribution in [2.24, 2.45) is 0 Å². The van der Waals surface area contributed by atoms with Gasteiger partial charge in [-0.15, -0.1) is 5.10 Å². The first-order valence-electron chi connectivity index (χ1n) is 5.74. The van der Waals surface area contributed by atoms with Crippen LogP contribution in [0.1, 0.15) is 40.8 Å². The van der Waals surface area contributed by atoms with E-state index in [4.69, 9.17) is 0 Å². The Bertz CT molecular complexity index is 547. The van der Waals surface area contributed by atoms with Crippen LogP contribution < -0.4 is 5.32 Å². The number of aromatic nitrogens is 4. The summed E-state index contributed by atoms with van der Waals surface area (Å²) in [5, 5.41) is 10.9. The minimum Gasteiger partial charge on any atom is -0.345 e. The van der Waals surface area contributed by atoms with Crippen molar-refractivity contribution < 1.29 is 4.79 Å². The quantitative estimate of drug-likeness (QED) is 0.910. The molecule has 0 aliphatic carbocycles. The summed E-state index contributed by atoms with van der Waals surface area (Å²) in [6.45, 7) is 6.54. The molecule has 0 aromatic carbocycles. The lowest BCUT2D eigenvalue weighted by Gasteiger charge is -2.10. The first kappa shape index (κ1) is 12.7. The fourth-order valence-electron chi connectivity index (χ4n) is 1.56. The topological polar surface area (TPSA) is 72.7 Å². The summed E-state index contributed by atoms with van der Waals surface area (Å²) in [6, 6.07) is -0.0840. The Balaban J connectivity index is 2.05. The van der Waals surface area contributed by atoms with Crippen molar-refractivity contribution >= 4 is 17.4 Å². The lowest BCUT2D eigenvalue weighted by Crippen LogP contribution is -2.26. The highest BCUT2D eigenvalue weighted by Gasteiger charge is 2.17. The molecule has 0 aliphatic rings. The van der Waals surface area contributed by atoms with Crippen LogP contribution in [0.25, 0.3) is 0 Å². The molecule has 6 nitrogen and oxygen atoms in total. The maximum Gasteiger partial charge on any atom is 0.265 e. The van der Waals surface area contributed by atoms with Crippen LogP contribution in [0.4, 0.5) is 0 Å². The standard InChI is InChI=1S/C11H15N5OS/c1-4-16-6-9(5-12-16)7(2)13-11(17)10-8(3)14-15-18-10/h5-7H,4H2,1-3H3,(H,13,17). The molecule has 0 radical (unpaired) electrons. The summed E-state index contributed by atoms with van der Waals surface area (Å²) in [6.07, 6.45) is 3.70. The van der Waals surface area contributed by atoms with Gasteiger partial charge in [-0.3, -0.25) is 9.48 Å². The van der Waals surface area contributed by atoms with Crippen molar-refractivity contribution in [3.8, 4) is 0 Å². The average Bonchev–Trinajstić information content (AvgIpc) is 2.96. The minimum absolute atomic E-state index is 0.0840. The predicted octanol–water partition coefficient (Wildman–Crippen LogP) is 1.55. The molecule has 7 heteroatoms. The molecule has 1 atom stereocenters. The van der Waals surface area contributed by atoms with Crippen molar-refractivity contribution in [3.63, 3.8) is 0 Å². The zero-order valence-corrected chi connectivity index (χ0v) is 11.4. The Kier molecular flexibility index (Phi) is 3.71. The van der Waals surface area contributed by atoms with Crippen LogP contribution in [-0.4, -0.2) is 25.3 Å². The van der Waals surface area contributed by atoms with Gasteiger partial charge in [0, 0.05) is 18.3 Å². The van der Waals surface area contributed by atoms with E-state index in [0.29, 0.717) is 10.6 Å². The highest BCUT2D eigenvalue weighted by atomic mass is 32.1. The molecule has 2 heterocycles. The number of nitrogens with zero attached hydrogens (tertiary/aromatic N) is 4. The van der Waals surface area contributed by atoms with E-state index >= 15 is 0 Å². The summed E-state index contributed by atoms with van der Waals surface area (Å²) < 4.78 is 5.59. The van der Waals surface area contributed by atoms with Gasteiger partial charge < -0.3 is 5.32 Å². The Morgan fingerprint density at radius 2 is 2.39 bits per heavy atom. The van der Waals surface area contributed by atoms with Gasteiger partial charge in [-0.2, -0.15) is 5.10 Å². The van der Waals surface area contributed by atoms with Gasteiger partial charge in [-0.1, -0.05) is 4.49 Å². The largest absolute Gasteiger partial charge is 0.345 e. The molecule has 0 fully saturated rings. The first-order valence-corrected chi connectivity index (χ1v) is 6.51. The molecule has 18 heavy (non-hydrogen) atoms. The molecule has 96 valence electrons. The van der Waals surface area contributed by atoms with Crippen molar-refractivity contribution in [1.29, 1.82) is 0 Å². The number of amides is 1. The van der Waals surface area contributed by atoms with Crippen LogP contribution >= 0.6 is 11.5 Å². The molecule has 0 bridgehead atoms. The number of hydrogen-bond acceptors (Lipinski definition) is 5. The molecule has 2 aromatic heterocycles. The molecule has 0 saturated carbocycles. The molecule has 0 saturated heterocycles. The number of carbonyl (C=O) groups is 1. The van der Waals surface area contributed by atoms with Crippen LogP contribution in [0.2, 0.25) is 0 Å². The van der Waals surface area contributed by atoms with E-state index in [9.17, 15) is 4.79 Å². The molecule has 1 amide bonds. The number of nitrogens with one attached hydrogen (secondary N) is 1. The monoisotopic (exact) mass is 265 g/mol. The van der Waals surface area contributed by atoms with Crippen LogP contribution in [-0.2, 0) is 6.54 Å². The van der Waals surface area contributed by atoms with E-state index in [1.165, 1.54) is 0 Å². The minimum atomic E-state index is -0.140. The van der Waals surface area contributed by atoms with Gasteiger partial charge in [0.15, 0.2) is 0 Å². The average molecular weight is 265 g/mol. The van der Waals surface area contributed by atoms with Crippen molar-refractivity contribution in [3.05, 3.63) is 28.5 Å². The maximum absolute atomic E-state index is 12.0. The predicted molar refractivity (Wildman–Crippen MR) is 68.4 cm³/mol. The Morgan fingerprint density at radius 1 is 1.61 bits per heavy atom. The molecule has 2 aromatic rings. The van der Waals surface area contributed by atoms with Crippen LogP contribution in [0.15, 0.2) is 12.4 Å². The lowest BCUT2D eigenvalue weighted by molar-refractivity contribution is 0.0943. The van der Waals surface area contributed by atoms with Crippen molar-refractivity contribution in [2.75, 3.05) is 0 Å². The van der Waals surface area contributed by atoms with Crippen LogP contribution in [0.5, 0.6) is 0 Å².